The lowest BCUT2D eigenvalue weighted by Gasteiger charge is -2.18. The first kappa shape index (κ1) is 25.4. The summed E-state index contributed by atoms with van der Waals surface area (Å²) in [6.07, 6.45) is 1.37. The van der Waals surface area contributed by atoms with E-state index in [4.69, 9.17) is 9.72 Å². The maximum absolute atomic E-state index is 12.6. The summed E-state index contributed by atoms with van der Waals surface area (Å²) in [4.78, 5) is 28.3. The number of rotatable bonds is 11. The van der Waals surface area contributed by atoms with Crippen LogP contribution in [0.5, 0.6) is 0 Å². The highest BCUT2D eigenvalue weighted by Gasteiger charge is 2.20. The molecule has 186 valence electrons. The molecule has 4 aromatic rings. The van der Waals surface area contributed by atoms with Crippen LogP contribution in [0.3, 0.4) is 0 Å². The second-order valence-corrected chi connectivity index (χ2v) is 9.69. The lowest BCUT2D eigenvalue weighted by molar-refractivity contribution is -0.384. The first-order valence-corrected chi connectivity index (χ1v) is 13.0. The molecule has 8 heteroatoms. The Morgan fingerprint density at radius 2 is 1.69 bits per heavy atom. The van der Waals surface area contributed by atoms with Gasteiger partial charge in [0.2, 0.25) is 0 Å². The fourth-order valence-corrected chi connectivity index (χ4v) is 5.12. The molecule has 1 atom stereocenters. The normalized spacial score (nSPS) is 12.1. The second kappa shape index (κ2) is 11.9. The number of ether oxygens (including phenoxy) is 1. The molecule has 0 saturated heterocycles. The van der Waals surface area contributed by atoms with Gasteiger partial charge in [0.05, 0.1) is 22.1 Å². The molecule has 36 heavy (non-hydrogen) atoms. The Kier molecular flexibility index (Phi) is 8.38. The van der Waals surface area contributed by atoms with Gasteiger partial charge in [0.25, 0.3) is 5.69 Å². The molecule has 0 amide bonds. The van der Waals surface area contributed by atoms with Crippen LogP contribution in [0.25, 0.3) is 11.0 Å². The molecule has 0 spiro atoms. The summed E-state index contributed by atoms with van der Waals surface area (Å²) in [5, 5.41) is 12.0. The van der Waals surface area contributed by atoms with Crippen molar-refractivity contribution >= 4 is 34.5 Å². The molecule has 0 aliphatic carbocycles. The minimum absolute atomic E-state index is 0.0382. The average molecular weight is 504 g/mol. The third-order valence-corrected chi connectivity index (χ3v) is 7.15. The molecule has 1 aromatic heterocycles. The summed E-state index contributed by atoms with van der Waals surface area (Å²) in [5.41, 5.74) is 3.61. The number of nitro benzene ring substituents is 1. The van der Waals surface area contributed by atoms with Crippen molar-refractivity contribution < 1.29 is 14.5 Å². The van der Waals surface area contributed by atoms with Crippen molar-refractivity contribution in [3.05, 3.63) is 100 Å². The van der Waals surface area contributed by atoms with Crippen molar-refractivity contribution in [1.82, 2.24) is 9.55 Å². The maximum atomic E-state index is 12.6. The van der Waals surface area contributed by atoms with Crippen LogP contribution in [-0.2, 0) is 16.1 Å². The predicted octanol–water partition coefficient (Wildman–Crippen LogP) is 6.60. The standard InChI is InChI=1S/C28H29N3O4S/c1-3-20(2)35-27(32)19-30-26-18-23(31(33)34)14-15-25(26)29-28(30)36-17-16-24(21-10-6-4-7-11-21)22-12-8-5-9-13-22/h4-15,18,20,24H,3,16-17,19H2,1-2H3. The van der Waals surface area contributed by atoms with Crippen molar-refractivity contribution in [3.8, 4) is 0 Å². The Labute approximate surface area is 214 Å². The summed E-state index contributed by atoms with van der Waals surface area (Å²) in [6, 6.07) is 25.3. The number of hydrogen-bond donors (Lipinski definition) is 0. The highest BCUT2D eigenvalue weighted by molar-refractivity contribution is 7.99. The van der Waals surface area contributed by atoms with Gasteiger partial charge in [-0.2, -0.15) is 0 Å². The number of esters is 1. The zero-order chi connectivity index (χ0) is 25.5. The van der Waals surface area contributed by atoms with E-state index < -0.39 is 4.92 Å². The fourth-order valence-electron chi connectivity index (χ4n) is 4.10. The molecule has 1 unspecified atom stereocenters. The lowest BCUT2D eigenvalue weighted by Crippen LogP contribution is -2.19. The second-order valence-electron chi connectivity index (χ2n) is 8.63. The Morgan fingerprint density at radius 3 is 2.28 bits per heavy atom. The summed E-state index contributed by atoms with van der Waals surface area (Å²) in [5.74, 6) is 0.581. The van der Waals surface area contributed by atoms with Crippen LogP contribution in [0.15, 0.2) is 84.0 Å². The van der Waals surface area contributed by atoms with E-state index >= 15 is 0 Å². The SMILES string of the molecule is CCC(C)OC(=O)Cn1c(SCCC(c2ccccc2)c2ccccc2)nc2ccc([N+](=O)[O-])cc21. The summed E-state index contributed by atoms with van der Waals surface area (Å²) >= 11 is 1.55. The number of nitrogens with zero attached hydrogens (tertiary/aromatic N) is 3. The topological polar surface area (TPSA) is 87.3 Å². The maximum Gasteiger partial charge on any atom is 0.326 e. The molecule has 0 radical (unpaired) electrons. The third kappa shape index (κ3) is 6.12. The number of carbonyl (C=O) groups excluding carboxylic acids is 1. The number of hydrogen-bond acceptors (Lipinski definition) is 6. The summed E-state index contributed by atoms with van der Waals surface area (Å²) in [7, 11) is 0. The monoisotopic (exact) mass is 503 g/mol. The molecule has 7 nitrogen and oxygen atoms in total. The fraction of sp³-hybridized carbons (Fsp3) is 0.286. The van der Waals surface area contributed by atoms with Gasteiger partial charge >= 0.3 is 5.97 Å². The predicted molar refractivity (Wildman–Crippen MR) is 142 cm³/mol. The number of fused-ring (bicyclic) bond motifs is 1. The molecular weight excluding hydrogens is 474 g/mol. The van der Waals surface area contributed by atoms with Crippen LogP contribution in [0, 0.1) is 10.1 Å². The molecular formula is C28H29N3O4S. The van der Waals surface area contributed by atoms with Gasteiger partial charge in [-0.3, -0.25) is 14.9 Å². The first-order chi connectivity index (χ1) is 17.5. The number of thioether (sulfide) groups is 1. The largest absolute Gasteiger partial charge is 0.461 e. The zero-order valence-corrected chi connectivity index (χ0v) is 21.2. The quantitative estimate of drug-likeness (QED) is 0.0992. The molecule has 0 bridgehead atoms. The third-order valence-electron chi connectivity index (χ3n) is 6.14. The van der Waals surface area contributed by atoms with Crippen LogP contribution in [-0.4, -0.2) is 32.3 Å². The molecule has 4 rings (SSSR count). The number of nitro groups is 1. The first-order valence-electron chi connectivity index (χ1n) is 12.0. The zero-order valence-electron chi connectivity index (χ0n) is 20.4. The molecule has 0 aliphatic heterocycles. The van der Waals surface area contributed by atoms with Gasteiger partial charge in [-0.05, 0) is 37.0 Å². The smallest absolute Gasteiger partial charge is 0.326 e. The van der Waals surface area contributed by atoms with Gasteiger partial charge in [0, 0.05) is 23.8 Å². The van der Waals surface area contributed by atoms with Gasteiger partial charge in [-0.1, -0.05) is 79.3 Å². The molecule has 0 N–H and O–H groups in total. The molecule has 1 heterocycles. The summed E-state index contributed by atoms with van der Waals surface area (Å²) in [6.45, 7) is 3.74. The number of non-ortho nitro benzene ring substituents is 1. The molecule has 3 aromatic carbocycles. The number of carbonyl (C=O) groups is 1. The number of benzene rings is 3. The number of imidazole rings is 1. The van der Waals surface area contributed by atoms with Gasteiger partial charge in [-0.15, -0.1) is 0 Å². The van der Waals surface area contributed by atoms with Gasteiger partial charge in [0.1, 0.15) is 6.54 Å². The van der Waals surface area contributed by atoms with Crippen molar-refractivity contribution in [1.29, 1.82) is 0 Å². The van der Waals surface area contributed by atoms with Crippen molar-refractivity contribution in [2.75, 3.05) is 5.75 Å². The van der Waals surface area contributed by atoms with Crippen LogP contribution in [0.1, 0.15) is 43.7 Å². The van der Waals surface area contributed by atoms with E-state index in [1.807, 2.05) is 50.2 Å². The minimum atomic E-state index is -0.439. The molecule has 0 fully saturated rings. The molecule has 0 saturated carbocycles. The van der Waals surface area contributed by atoms with E-state index in [0.717, 1.165) is 12.2 Å². The lowest BCUT2D eigenvalue weighted by atomic mass is 9.89. The van der Waals surface area contributed by atoms with Crippen molar-refractivity contribution in [3.63, 3.8) is 0 Å². The highest BCUT2D eigenvalue weighted by atomic mass is 32.2. The minimum Gasteiger partial charge on any atom is -0.461 e. The average Bonchev–Trinajstić information content (AvgIpc) is 3.23. The van der Waals surface area contributed by atoms with E-state index in [2.05, 4.69) is 24.3 Å². The van der Waals surface area contributed by atoms with E-state index in [0.29, 0.717) is 22.6 Å². The van der Waals surface area contributed by atoms with E-state index in [9.17, 15) is 14.9 Å². The van der Waals surface area contributed by atoms with Crippen LogP contribution >= 0.6 is 11.8 Å². The molecule has 0 aliphatic rings. The van der Waals surface area contributed by atoms with E-state index in [1.54, 1.807) is 22.4 Å². The summed E-state index contributed by atoms with van der Waals surface area (Å²) < 4.78 is 7.22. The van der Waals surface area contributed by atoms with E-state index in [-0.39, 0.29) is 30.2 Å². The van der Waals surface area contributed by atoms with Crippen molar-refractivity contribution in [2.24, 2.45) is 0 Å². The van der Waals surface area contributed by atoms with E-state index in [1.165, 1.54) is 23.3 Å². The van der Waals surface area contributed by atoms with Crippen LogP contribution in [0.2, 0.25) is 0 Å². The Balaban J connectivity index is 1.59. The Hall–Kier alpha value is -3.65. The van der Waals surface area contributed by atoms with Crippen LogP contribution < -0.4 is 0 Å². The highest BCUT2D eigenvalue weighted by Crippen LogP contribution is 2.32. The van der Waals surface area contributed by atoms with Gasteiger partial charge in [-0.25, -0.2) is 4.98 Å². The van der Waals surface area contributed by atoms with Gasteiger partial charge in [0.15, 0.2) is 5.16 Å². The van der Waals surface area contributed by atoms with Crippen molar-refractivity contribution in [2.45, 2.75) is 50.4 Å². The number of aromatic nitrogens is 2. The Bertz CT molecular complexity index is 1290. The van der Waals surface area contributed by atoms with Crippen LogP contribution in [0.4, 0.5) is 5.69 Å². The van der Waals surface area contributed by atoms with Gasteiger partial charge < -0.3 is 9.30 Å². The Morgan fingerprint density at radius 1 is 1.06 bits per heavy atom.